The van der Waals surface area contributed by atoms with E-state index >= 15 is 0 Å². The van der Waals surface area contributed by atoms with E-state index in [4.69, 9.17) is 4.99 Å². The summed E-state index contributed by atoms with van der Waals surface area (Å²) in [7, 11) is 0. The number of para-hydroxylation sites is 1. The van der Waals surface area contributed by atoms with Gasteiger partial charge >= 0.3 is 0 Å². The number of hydrogen-bond acceptors (Lipinski definition) is 4. The van der Waals surface area contributed by atoms with Crippen LogP contribution in [-0.2, 0) is 11.3 Å². The first-order chi connectivity index (χ1) is 15.5. The first-order valence-corrected chi connectivity index (χ1v) is 10.9. The van der Waals surface area contributed by atoms with E-state index in [0.29, 0.717) is 25.5 Å². The Morgan fingerprint density at radius 1 is 1.19 bits per heavy atom. The van der Waals surface area contributed by atoms with Crippen LogP contribution in [0.1, 0.15) is 30.3 Å². The van der Waals surface area contributed by atoms with Crippen LogP contribution in [0.5, 0.6) is 0 Å². The van der Waals surface area contributed by atoms with Gasteiger partial charge in [-0.3, -0.25) is 4.79 Å². The molecule has 4 rings (SSSR count). The van der Waals surface area contributed by atoms with Crippen molar-refractivity contribution in [1.82, 2.24) is 25.4 Å². The predicted molar refractivity (Wildman–Crippen MR) is 126 cm³/mol. The molecule has 1 atom stereocenters. The number of aryl methyl sites for hydroxylation is 2. The van der Waals surface area contributed by atoms with E-state index in [1.54, 1.807) is 0 Å². The molecule has 1 aromatic carbocycles. The monoisotopic (exact) mass is 431 g/mol. The highest BCUT2D eigenvalue weighted by atomic mass is 16.2. The zero-order valence-corrected chi connectivity index (χ0v) is 18.7. The number of benzene rings is 1. The Morgan fingerprint density at radius 2 is 2.00 bits per heavy atom. The van der Waals surface area contributed by atoms with Gasteiger partial charge in [0.25, 0.3) is 0 Å². The molecule has 1 amide bonds. The van der Waals surface area contributed by atoms with E-state index in [-0.39, 0.29) is 11.9 Å². The summed E-state index contributed by atoms with van der Waals surface area (Å²) in [6, 6.07) is 15.8. The fraction of sp³-hybridized carbons (Fsp3) is 0.333. The fourth-order valence-corrected chi connectivity index (χ4v) is 3.84. The van der Waals surface area contributed by atoms with Crippen LogP contribution >= 0.6 is 0 Å². The molecule has 1 aliphatic heterocycles. The highest BCUT2D eigenvalue weighted by molar-refractivity contribution is 5.97. The van der Waals surface area contributed by atoms with Crippen LogP contribution in [0.25, 0.3) is 5.82 Å². The number of guanidine groups is 1. The number of anilines is 1. The molecule has 0 saturated carbocycles. The van der Waals surface area contributed by atoms with Gasteiger partial charge in [0.2, 0.25) is 5.91 Å². The van der Waals surface area contributed by atoms with Crippen LogP contribution in [0.15, 0.2) is 59.7 Å². The molecule has 0 spiro atoms. The molecule has 8 nitrogen and oxygen atoms in total. The molecule has 2 aromatic heterocycles. The van der Waals surface area contributed by atoms with Gasteiger partial charge in [-0.1, -0.05) is 24.3 Å². The molecule has 3 heterocycles. The third-order valence-electron chi connectivity index (χ3n) is 5.33. The average Bonchev–Trinajstić information content (AvgIpc) is 3.33. The van der Waals surface area contributed by atoms with Crippen LogP contribution in [0.4, 0.5) is 5.69 Å². The Balaban J connectivity index is 1.40. The maximum Gasteiger partial charge on any atom is 0.229 e. The summed E-state index contributed by atoms with van der Waals surface area (Å²) < 4.78 is 1.84. The van der Waals surface area contributed by atoms with Gasteiger partial charge in [-0.05, 0) is 50.6 Å². The van der Waals surface area contributed by atoms with E-state index in [9.17, 15) is 4.79 Å². The smallest absolute Gasteiger partial charge is 0.229 e. The molecule has 2 N–H and O–H groups in total. The molecule has 1 fully saturated rings. The van der Waals surface area contributed by atoms with Gasteiger partial charge in [-0.25, -0.2) is 14.7 Å². The van der Waals surface area contributed by atoms with Crippen molar-refractivity contribution in [3.05, 3.63) is 71.7 Å². The van der Waals surface area contributed by atoms with Crippen molar-refractivity contribution in [2.45, 2.75) is 39.8 Å². The predicted octanol–water partition coefficient (Wildman–Crippen LogP) is 2.74. The minimum absolute atomic E-state index is 0.00652. The van der Waals surface area contributed by atoms with Gasteiger partial charge in [0.15, 0.2) is 11.8 Å². The number of aromatic nitrogens is 3. The zero-order chi connectivity index (χ0) is 22.5. The SMILES string of the molecule is CCNC(=NCc1ccc(-n2nc(C)cc2C)nc1)NC1CC(=O)N(c2ccccc2)C1. The molecule has 1 aliphatic rings. The number of nitrogens with one attached hydrogen (secondary N) is 2. The second-order valence-electron chi connectivity index (χ2n) is 7.94. The summed E-state index contributed by atoms with van der Waals surface area (Å²) in [6.07, 6.45) is 2.27. The molecular formula is C24H29N7O. The fourth-order valence-electron chi connectivity index (χ4n) is 3.84. The first-order valence-electron chi connectivity index (χ1n) is 10.9. The molecule has 1 saturated heterocycles. The summed E-state index contributed by atoms with van der Waals surface area (Å²) in [5, 5.41) is 11.2. The highest BCUT2D eigenvalue weighted by Gasteiger charge is 2.31. The van der Waals surface area contributed by atoms with E-state index in [1.807, 2.05) is 85.1 Å². The zero-order valence-electron chi connectivity index (χ0n) is 18.7. The maximum absolute atomic E-state index is 12.5. The topological polar surface area (TPSA) is 87.4 Å². The number of nitrogens with zero attached hydrogens (tertiary/aromatic N) is 5. The van der Waals surface area contributed by atoms with Crippen molar-refractivity contribution in [1.29, 1.82) is 0 Å². The van der Waals surface area contributed by atoms with Crippen molar-refractivity contribution in [3.8, 4) is 5.82 Å². The van der Waals surface area contributed by atoms with Crippen LogP contribution < -0.4 is 15.5 Å². The third kappa shape index (κ3) is 4.96. The standard InChI is InChI=1S/C24H29N7O/c1-4-25-24(28-20-13-23(32)30(16-20)21-8-6-5-7-9-21)27-15-19-10-11-22(26-14-19)31-18(3)12-17(2)29-31/h5-12,14,20H,4,13,15-16H2,1-3H3,(H2,25,27,28). The molecule has 3 aromatic rings. The lowest BCUT2D eigenvalue weighted by Crippen LogP contribution is -2.44. The second kappa shape index (κ2) is 9.64. The lowest BCUT2D eigenvalue weighted by molar-refractivity contribution is -0.117. The number of aliphatic imine (C=N–C) groups is 1. The van der Waals surface area contributed by atoms with Gasteiger partial charge in [-0.2, -0.15) is 5.10 Å². The average molecular weight is 432 g/mol. The first kappa shape index (κ1) is 21.5. The Labute approximate surface area is 188 Å². The van der Waals surface area contributed by atoms with E-state index in [2.05, 4.69) is 20.7 Å². The lowest BCUT2D eigenvalue weighted by atomic mass is 10.2. The van der Waals surface area contributed by atoms with E-state index in [0.717, 1.165) is 35.0 Å². The number of carbonyl (C=O) groups excluding carboxylic acids is 1. The number of carbonyl (C=O) groups is 1. The van der Waals surface area contributed by atoms with Crippen molar-refractivity contribution in [3.63, 3.8) is 0 Å². The van der Waals surface area contributed by atoms with Crippen LogP contribution in [0.3, 0.4) is 0 Å². The Morgan fingerprint density at radius 3 is 2.66 bits per heavy atom. The normalized spacial score (nSPS) is 16.5. The summed E-state index contributed by atoms with van der Waals surface area (Å²) in [6.45, 7) is 7.86. The Hall–Kier alpha value is -3.68. The lowest BCUT2D eigenvalue weighted by Gasteiger charge is -2.19. The van der Waals surface area contributed by atoms with Gasteiger partial charge in [0.05, 0.1) is 18.3 Å². The van der Waals surface area contributed by atoms with Crippen LogP contribution in [-0.4, -0.2) is 45.8 Å². The quantitative estimate of drug-likeness (QED) is 0.463. The minimum Gasteiger partial charge on any atom is -0.357 e. The highest BCUT2D eigenvalue weighted by Crippen LogP contribution is 2.21. The Bertz CT molecular complexity index is 1090. The largest absolute Gasteiger partial charge is 0.357 e. The van der Waals surface area contributed by atoms with Crippen molar-refractivity contribution >= 4 is 17.6 Å². The molecule has 0 aliphatic carbocycles. The number of pyridine rings is 1. The van der Waals surface area contributed by atoms with Gasteiger partial charge < -0.3 is 15.5 Å². The number of hydrogen-bond donors (Lipinski definition) is 2. The third-order valence-corrected chi connectivity index (χ3v) is 5.33. The summed E-state index contributed by atoms with van der Waals surface area (Å²) in [5.41, 5.74) is 3.95. The van der Waals surface area contributed by atoms with E-state index < -0.39 is 0 Å². The molecular weight excluding hydrogens is 402 g/mol. The molecule has 0 radical (unpaired) electrons. The van der Waals surface area contributed by atoms with Crippen LogP contribution in [0.2, 0.25) is 0 Å². The van der Waals surface area contributed by atoms with E-state index in [1.165, 1.54) is 0 Å². The van der Waals surface area contributed by atoms with Gasteiger partial charge in [0, 0.05) is 37.1 Å². The summed E-state index contributed by atoms with van der Waals surface area (Å²) >= 11 is 0. The molecule has 0 bridgehead atoms. The van der Waals surface area contributed by atoms with Crippen molar-refractivity contribution < 1.29 is 4.79 Å². The summed E-state index contributed by atoms with van der Waals surface area (Å²) in [5.74, 6) is 1.61. The van der Waals surface area contributed by atoms with Gasteiger partial charge in [-0.15, -0.1) is 0 Å². The molecule has 8 heteroatoms. The molecule has 166 valence electrons. The minimum atomic E-state index is 0.00652. The molecule has 32 heavy (non-hydrogen) atoms. The number of rotatable bonds is 6. The second-order valence-corrected chi connectivity index (χ2v) is 7.94. The number of amides is 1. The van der Waals surface area contributed by atoms with Crippen LogP contribution in [0, 0.1) is 13.8 Å². The Kier molecular flexibility index (Phi) is 6.49. The van der Waals surface area contributed by atoms with Gasteiger partial charge in [0.1, 0.15) is 0 Å². The maximum atomic E-state index is 12.5. The molecule has 1 unspecified atom stereocenters. The van der Waals surface area contributed by atoms with Crippen molar-refractivity contribution in [2.75, 3.05) is 18.0 Å². The van der Waals surface area contributed by atoms with Crippen molar-refractivity contribution in [2.24, 2.45) is 4.99 Å². The summed E-state index contributed by atoms with van der Waals surface area (Å²) in [4.78, 5) is 23.5.